The van der Waals surface area contributed by atoms with Crippen LogP contribution in [0.1, 0.15) is 46.0 Å². The smallest absolute Gasteiger partial charge is 0.377 e. The number of fused-ring (bicyclic) bond motifs is 3. The van der Waals surface area contributed by atoms with E-state index < -0.39 is 33.2 Å². The van der Waals surface area contributed by atoms with Gasteiger partial charge in [0.05, 0.1) is 40.5 Å². The lowest BCUT2D eigenvalue weighted by atomic mass is 10.1. The lowest BCUT2D eigenvalue weighted by Crippen LogP contribution is -2.52. The van der Waals surface area contributed by atoms with E-state index in [1.165, 1.54) is 4.90 Å². The SMILES string of the molecule is O=C1c2sc(-c3nc(Nc4ccc(N5C[C@@H]6C[C@H]5CN6)cc4C4CC4)ncc3C(F)(F)F)cc2S(=O)(=O)CCN1C1COC1. The maximum atomic E-state index is 14.2. The summed E-state index contributed by atoms with van der Waals surface area (Å²) >= 11 is 0.713. The van der Waals surface area contributed by atoms with Gasteiger partial charge in [0.25, 0.3) is 5.91 Å². The van der Waals surface area contributed by atoms with Gasteiger partial charge in [0.2, 0.25) is 5.95 Å². The molecule has 2 N–H and O–H groups in total. The molecule has 0 radical (unpaired) electrons. The first kappa shape index (κ1) is 28.2. The summed E-state index contributed by atoms with van der Waals surface area (Å²) in [7, 11) is -3.92. The van der Waals surface area contributed by atoms with Gasteiger partial charge in [0, 0.05) is 49.3 Å². The van der Waals surface area contributed by atoms with E-state index in [4.69, 9.17) is 4.74 Å². The van der Waals surface area contributed by atoms with E-state index in [1.54, 1.807) is 0 Å². The molecule has 1 saturated carbocycles. The molecule has 232 valence electrons. The molecule has 0 spiro atoms. The Balaban J connectivity index is 1.16. The molecule has 2 aromatic heterocycles. The topological polar surface area (TPSA) is 117 Å². The second kappa shape index (κ2) is 10.1. The normalized spacial score (nSPS) is 24.8. The highest BCUT2D eigenvalue weighted by Gasteiger charge is 2.42. The van der Waals surface area contributed by atoms with Crippen molar-refractivity contribution in [3.8, 4) is 10.6 Å². The van der Waals surface area contributed by atoms with Crippen molar-refractivity contribution in [2.75, 3.05) is 48.8 Å². The van der Waals surface area contributed by atoms with E-state index in [2.05, 4.69) is 31.6 Å². The van der Waals surface area contributed by atoms with Crippen LogP contribution in [0.3, 0.4) is 0 Å². The Hall–Kier alpha value is -3.27. The van der Waals surface area contributed by atoms with Crippen LogP contribution < -0.4 is 15.5 Å². The van der Waals surface area contributed by atoms with Crippen molar-refractivity contribution < 1.29 is 31.1 Å². The van der Waals surface area contributed by atoms with Crippen molar-refractivity contribution in [2.24, 2.45) is 0 Å². The zero-order valence-electron chi connectivity index (χ0n) is 23.4. The number of anilines is 3. The molecular formula is C29H29F3N6O4S2. The first-order chi connectivity index (χ1) is 21.0. The number of benzene rings is 1. The summed E-state index contributed by atoms with van der Waals surface area (Å²) in [6, 6.07) is 7.95. The Morgan fingerprint density at radius 2 is 1.93 bits per heavy atom. The zero-order chi connectivity index (χ0) is 30.4. The molecule has 1 aliphatic carbocycles. The molecule has 4 fully saturated rings. The maximum absolute atomic E-state index is 14.2. The van der Waals surface area contributed by atoms with Gasteiger partial charge < -0.3 is 25.2 Å². The van der Waals surface area contributed by atoms with Crippen LogP contribution in [0.2, 0.25) is 0 Å². The van der Waals surface area contributed by atoms with Crippen LogP contribution in [0.5, 0.6) is 0 Å². The van der Waals surface area contributed by atoms with Crippen LogP contribution in [-0.2, 0) is 20.8 Å². The Morgan fingerprint density at radius 3 is 2.59 bits per heavy atom. The molecule has 1 amide bonds. The van der Waals surface area contributed by atoms with Gasteiger partial charge in [-0.1, -0.05) is 0 Å². The van der Waals surface area contributed by atoms with Crippen LogP contribution in [-0.4, -0.2) is 85.9 Å². The summed E-state index contributed by atoms with van der Waals surface area (Å²) in [5.74, 6) is -0.547. The number of nitrogens with one attached hydrogen (secondary N) is 2. The third kappa shape index (κ3) is 4.84. The number of halogens is 3. The quantitative estimate of drug-likeness (QED) is 0.410. The number of hydrogen-bond donors (Lipinski definition) is 2. The highest BCUT2D eigenvalue weighted by molar-refractivity contribution is 7.91. The number of ether oxygens (including phenoxy) is 1. The summed E-state index contributed by atoms with van der Waals surface area (Å²) < 4.78 is 74.1. The first-order valence-corrected chi connectivity index (χ1v) is 17.1. The minimum absolute atomic E-state index is 0.000688. The molecule has 4 aliphatic heterocycles. The van der Waals surface area contributed by atoms with Gasteiger partial charge in [-0.15, -0.1) is 11.3 Å². The molecule has 6 heterocycles. The standard InChI is InChI=1S/C29H29F3N6O4S2/c30-29(31,32)21-11-34-28(35-22-4-3-17(8-20(22)15-1-2-15)38-12-16-7-18(38)10-33-16)36-25(21)23-9-24-26(43-23)27(39)37(19-13-42-14-19)5-6-44(24,40)41/h3-4,8-9,11,15-16,18-19,33H,1-2,5-7,10,12-14H2,(H,34,35,36)/t16-,18-/m0/s1. The summed E-state index contributed by atoms with van der Waals surface area (Å²) in [5.41, 5.74) is 1.35. The van der Waals surface area contributed by atoms with Crippen LogP contribution in [0.4, 0.5) is 30.5 Å². The molecule has 0 unspecified atom stereocenters. The predicted molar refractivity (Wildman–Crippen MR) is 157 cm³/mol. The molecule has 5 aliphatic rings. The third-order valence-corrected chi connectivity index (χ3v) is 12.1. The van der Waals surface area contributed by atoms with Gasteiger partial charge in [-0.2, -0.15) is 13.2 Å². The number of carbonyl (C=O) groups excluding carboxylic acids is 1. The largest absolute Gasteiger partial charge is 0.420 e. The summed E-state index contributed by atoms with van der Waals surface area (Å²) in [5, 5.41) is 6.66. The van der Waals surface area contributed by atoms with Crippen molar-refractivity contribution in [3.05, 3.63) is 46.5 Å². The van der Waals surface area contributed by atoms with Crippen molar-refractivity contribution in [3.63, 3.8) is 0 Å². The number of piperazine rings is 1. The zero-order valence-corrected chi connectivity index (χ0v) is 25.1. The lowest BCUT2D eigenvalue weighted by molar-refractivity contribution is -0.137. The molecule has 2 atom stereocenters. The number of hydrogen-bond acceptors (Lipinski definition) is 10. The highest BCUT2D eigenvalue weighted by Crippen LogP contribution is 2.47. The molecule has 15 heteroatoms. The average molecular weight is 647 g/mol. The molecule has 2 bridgehead atoms. The van der Waals surface area contributed by atoms with Crippen LogP contribution in [0.25, 0.3) is 10.6 Å². The molecule has 8 rings (SSSR count). The number of nitrogens with zero attached hydrogens (tertiary/aromatic N) is 4. The first-order valence-electron chi connectivity index (χ1n) is 14.7. The minimum Gasteiger partial charge on any atom is -0.377 e. The number of carbonyl (C=O) groups is 1. The third-order valence-electron chi connectivity index (χ3n) is 9.16. The van der Waals surface area contributed by atoms with Crippen LogP contribution in [0, 0.1) is 0 Å². The summed E-state index contributed by atoms with van der Waals surface area (Å²) in [4.78, 5) is 25.1. The van der Waals surface area contributed by atoms with E-state index >= 15 is 0 Å². The van der Waals surface area contributed by atoms with E-state index in [0.717, 1.165) is 55.4 Å². The van der Waals surface area contributed by atoms with E-state index in [1.807, 2.05) is 12.1 Å². The van der Waals surface area contributed by atoms with Crippen LogP contribution >= 0.6 is 11.3 Å². The highest BCUT2D eigenvalue weighted by atomic mass is 32.2. The monoisotopic (exact) mass is 646 g/mol. The number of rotatable bonds is 6. The number of alkyl halides is 3. The number of thiophene rings is 1. The number of amides is 1. The van der Waals surface area contributed by atoms with E-state index in [-0.39, 0.29) is 38.9 Å². The van der Waals surface area contributed by atoms with E-state index in [0.29, 0.717) is 48.7 Å². The molecule has 3 aromatic rings. The molecule has 10 nitrogen and oxygen atoms in total. The summed E-state index contributed by atoms with van der Waals surface area (Å²) in [6.45, 7) is 2.48. The maximum Gasteiger partial charge on any atom is 0.420 e. The van der Waals surface area contributed by atoms with Crippen molar-refractivity contribution in [2.45, 2.75) is 54.4 Å². The molecule has 1 aromatic carbocycles. The van der Waals surface area contributed by atoms with Gasteiger partial charge in [-0.3, -0.25) is 4.79 Å². The second-order valence-corrected chi connectivity index (χ2v) is 15.2. The van der Waals surface area contributed by atoms with Gasteiger partial charge in [0.15, 0.2) is 9.84 Å². The van der Waals surface area contributed by atoms with Gasteiger partial charge >= 0.3 is 6.18 Å². The Labute approximate surface area is 255 Å². The fourth-order valence-corrected chi connectivity index (χ4v) is 9.51. The molecular weight excluding hydrogens is 617 g/mol. The molecule has 3 saturated heterocycles. The Kier molecular flexibility index (Phi) is 6.49. The minimum atomic E-state index is -4.81. The summed E-state index contributed by atoms with van der Waals surface area (Å²) in [6.07, 6.45) is -0.926. The number of aromatic nitrogens is 2. The fourth-order valence-electron chi connectivity index (χ4n) is 6.59. The van der Waals surface area contributed by atoms with Gasteiger partial charge in [0.1, 0.15) is 10.4 Å². The van der Waals surface area contributed by atoms with Crippen molar-refractivity contribution in [1.82, 2.24) is 20.2 Å². The van der Waals surface area contributed by atoms with Crippen LogP contribution in [0.15, 0.2) is 35.4 Å². The molecule has 44 heavy (non-hydrogen) atoms. The Morgan fingerprint density at radius 1 is 1.11 bits per heavy atom. The van der Waals surface area contributed by atoms with Gasteiger partial charge in [-0.25, -0.2) is 18.4 Å². The Bertz CT molecular complexity index is 1770. The van der Waals surface area contributed by atoms with Crippen molar-refractivity contribution >= 4 is 44.4 Å². The van der Waals surface area contributed by atoms with Crippen molar-refractivity contribution in [1.29, 1.82) is 0 Å². The van der Waals surface area contributed by atoms with E-state index in [9.17, 15) is 26.4 Å². The van der Waals surface area contributed by atoms with Gasteiger partial charge in [-0.05, 0) is 55.0 Å². The fraction of sp³-hybridized carbons (Fsp3) is 0.483. The lowest BCUT2D eigenvalue weighted by Gasteiger charge is -2.36. The number of sulfone groups is 1. The predicted octanol–water partition coefficient (Wildman–Crippen LogP) is 4.02. The second-order valence-electron chi connectivity index (χ2n) is 12.1. The average Bonchev–Trinajstić information content (AvgIpc) is 3.36.